The lowest BCUT2D eigenvalue weighted by molar-refractivity contribution is 0.415. The van der Waals surface area contributed by atoms with E-state index in [1.165, 1.54) is 0 Å². The first kappa shape index (κ1) is 15.4. The van der Waals surface area contributed by atoms with Gasteiger partial charge in [0, 0.05) is 17.9 Å². The van der Waals surface area contributed by atoms with Crippen LogP contribution in [0.5, 0.6) is 5.75 Å². The summed E-state index contributed by atoms with van der Waals surface area (Å²) in [6.07, 6.45) is 1.55. The normalized spacial score (nSPS) is 11.7. The molecule has 0 spiro atoms. The smallest absolute Gasteiger partial charge is 0.265 e. The maximum absolute atomic E-state index is 12.4. The average molecular weight is 309 g/mol. The summed E-state index contributed by atoms with van der Waals surface area (Å²) < 4.78 is 34.1. The number of sulfonamides is 1. The molecule has 0 radical (unpaired) electrons. The van der Waals surface area contributed by atoms with Gasteiger partial charge < -0.3 is 4.74 Å². The van der Waals surface area contributed by atoms with Crippen LogP contribution < -0.4 is 9.46 Å². The van der Waals surface area contributed by atoms with Gasteiger partial charge in [0.1, 0.15) is 10.6 Å². The minimum absolute atomic E-state index is 0.105. The molecule has 0 bridgehead atoms. The summed E-state index contributed by atoms with van der Waals surface area (Å²) in [6, 6.07) is 6.80. The summed E-state index contributed by atoms with van der Waals surface area (Å²) in [4.78, 5) is 0.187. The topological polar surface area (TPSA) is 73.2 Å². The Morgan fingerprint density at radius 3 is 2.33 bits per heavy atom. The predicted octanol–water partition coefficient (Wildman–Crippen LogP) is 2.58. The Labute approximate surface area is 124 Å². The molecular formula is C14H19N3O3S. The van der Waals surface area contributed by atoms with Crippen molar-refractivity contribution in [2.45, 2.75) is 31.7 Å². The van der Waals surface area contributed by atoms with E-state index < -0.39 is 10.0 Å². The molecule has 2 rings (SSSR count). The summed E-state index contributed by atoms with van der Waals surface area (Å²) in [5.74, 6) is 0.668. The number of nitrogens with zero attached hydrogens (tertiary/aromatic N) is 2. The molecule has 0 fully saturated rings. The number of methoxy groups -OCH3 is 1. The van der Waals surface area contributed by atoms with Gasteiger partial charge in [-0.05, 0) is 45.0 Å². The first-order chi connectivity index (χ1) is 9.83. The van der Waals surface area contributed by atoms with E-state index in [0.717, 1.165) is 0 Å². The second kappa shape index (κ2) is 5.77. The third-order valence-corrected chi connectivity index (χ3v) is 4.52. The number of hydrogen-bond acceptors (Lipinski definition) is 4. The quantitative estimate of drug-likeness (QED) is 0.921. The minimum Gasteiger partial charge on any atom is -0.497 e. The Morgan fingerprint density at radius 1 is 1.24 bits per heavy atom. The summed E-state index contributed by atoms with van der Waals surface area (Å²) in [5, 5.41) is 4.22. The highest BCUT2D eigenvalue weighted by molar-refractivity contribution is 7.92. The van der Waals surface area contributed by atoms with Crippen LogP contribution in [0, 0.1) is 6.92 Å². The summed E-state index contributed by atoms with van der Waals surface area (Å²) in [5.41, 5.74) is 0.956. The molecule has 0 aliphatic heterocycles. The second-order valence-corrected chi connectivity index (χ2v) is 6.64. The molecule has 1 heterocycles. The number of rotatable bonds is 5. The number of benzene rings is 1. The Kier molecular flexibility index (Phi) is 4.22. The Balaban J connectivity index is 2.29. The molecule has 7 heteroatoms. The van der Waals surface area contributed by atoms with Crippen molar-refractivity contribution in [2.24, 2.45) is 0 Å². The van der Waals surface area contributed by atoms with Crippen molar-refractivity contribution >= 4 is 15.7 Å². The summed E-state index contributed by atoms with van der Waals surface area (Å²) >= 11 is 0. The lowest BCUT2D eigenvalue weighted by Crippen LogP contribution is -2.13. The molecule has 0 amide bonds. The SMILES string of the molecule is COc1ccc(NS(=O)(=O)c2cn(C(C)C)nc2C)cc1. The van der Waals surface area contributed by atoms with Gasteiger partial charge in [0.2, 0.25) is 0 Å². The highest BCUT2D eigenvalue weighted by Gasteiger charge is 2.21. The monoisotopic (exact) mass is 309 g/mol. The van der Waals surface area contributed by atoms with Gasteiger partial charge in [0.15, 0.2) is 0 Å². The Bertz CT molecular complexity index is 718. The zero-order valence-corrected chi connectivity index (χ0v) is 13.3. The lowest BCUT2D eigenvalue weighted by atomic mass is 10.3. The predicted molar refractivity (Wildman–Crippen MR) is 81.2 cm³/mol. The van der Waals surface area contributed by atoms with E-state index in [2.05, 4.69) is 9.82 Å². The fourth-order valence-electron chi connectivity index (χ4n) is 1.86. The van der Waals surface area contributed by atoms with Crippen LogP contribution in [0.1, 0.15) is 25.6 Å². The van der Waals surface area contributed by atoms with E-state index in [4.69, 9.17) is 4.74 Å². The van der Waals surface area contributed by atoms with Crippen LogP contribution in [-0.2, 0) is 10.0 Å². The van der Waals surface area contributed by atoms with Gasteiger partial charge in [-0.15, -0.1) is 0 Å². The van der Waals surface area contributed by atoms with Gasteiger partial charge in [-0.1, -0.05) is 0 Å². The molecule has 0 atom stereocenters. The number of aromatic nitrogens is 2. The zero-order valence-electron chi connectivity index (χ0n) is 12.5. The Hall–Kier alpha value is -2.02. The first-order valence-corrected chi connectivity index (χ1v) is 8.04. The molecular weight excluding hydrogens is 290 g/mol. The van der Waals surface area contributed by atoms with Crippen molar-refractivity contribution in [1.82, 2.24) is 9.78 Å². The van der Waals surface area contributed by atoms with Crippen LogP contribution in [0.3, 0.4) is 0 Å². The van der Waals surface area contributed by atoms with Crippen LogP contribution in [0.15, 0.2) is 35.4 Å². The standard InChI is InChI=1S/C14H19N3O3S/c1-10(2)17-9-14(11(3)15-17)21(18,19)16-12-5-7-13(20-4)8-6-12/h5-10,16H,1-4H3. The Morgan fingerprint density at radius 2 is 1.86 bits per heavy atom. The highest BCUT2D eigenvalue weighted by atomic mass is 32.2. The van der Waals surface area contributed by atoms with Gasteiger partial charge in [-0.3, -0.25) is 9.40 Å². The molecule has 0 saturated heterocycles. The number of anilines is 1. The van der Waals surface area contributed by atoms with Crippen LogP contribution in [-0.4, -0.2) is 25.3 Å². The summed E-state index contributed by atoms with van der Waals surface area (Å²) in [7, 11) is -2.09. The zero-order chi connectivity index (χ0) is 15.6. The van der Waals surface area contributed by atoms with Crippen LogP contribution in [0.25, 0.3) is 0 Å². The second-order valence-electron chi connectivity index (χ2n) is 4.99. The highest BCUT2D eigenvalue weighted by Crippen LogP contribution is 2.21. The van der Waals surface area contributed by atoms with Gasteiger partial charge in [0.05, 0.1) is 12.8 Å². The van der Waals surface area contributed by atoms with E-state index >= 15 is 0 Å². The van der Waals surface area contributed by atoms with Crippen molar-refractivity contribution in [2.75, 3.05) is 11.8 Å². The van der Waals surface area contributed by atoms with Crippen molar-refractivity contribution in [3.63, 3.8) is 0 Å². The molecule has 0 saturated carbocycles. The molecule has 0 unspecified atom stereocenters. The van der Waals surface area contributed by atoms with Crippen molar-refractivity contribution < 1.29 is 13.2 Å². The molecule has 6 nitrogen and oxygen atoms in total. The average Bonchev–Trinajstić information content (AvgIpc) is 2.82. The summed E-state index contributed by atoms with van der Waals surface area (Å²) in [6.45, 7) is 5.57. The molecule has 1 aromatic carbocycles. The minimum atomic E-state index is -3.65. The molecule has 1 N–H and O–H groups in total. The van der Waals surface area contributed by atoms with Crippen LogP contribution in [0.4, 0.5) is 5.69 Å². The molecule has 2 aromatic rings. The van der Waals surface area contributed by atoms with E-state index in [9.17, 15) is 8.42 Å². The third kappa shape index (κ3) is 3.36. The van der Waals surface area contributed by atoms with Crippen molar-refractivity contribution in [1.29, 1.82) is 0 Å². The fourth-order valence-corrected chi connectivity index (χ4v) is 3.10. The van der Waals surface area contributed by atoms with E-state index in [1.54, 1.807) is 49.2 Å². The number of ether oxygens (including phenoxy) is 1. The van der Waals surface area contributed by atoms with Gasteiger partial charge in [0.25, 0.3) is 10.0 Å². The van der Waals surface area contributed by atoms with Crippen LogP contribution >= 0.6 is 0 Å². The molecule has 114 valence electrons. The lowest BCUT2D eigenvalue weighted by Gasteiger charge is -2.08. The van der Waals surface area contributed by atoms with E-state index in [1.807, 2.05) is 13.8 Å². The van der Waals surface area contributed by atoms with Crippen molar-refractivity contribution in [3.05, 3.63) is 36.2 Å². The van der Waals surface area contributed by atoms with Gasteiger partial charge >= 0.3 is 0 Å². The molecule has 0 aliphatic carbocycles. The van der Waals surface area contributed by atoms with Gasteiger partial charge in [-0.2, -0.15) is 5.10 Å². The first-order valence-electron chi connectivity index (χ1n) is 6.56. The maximum Gasteiger partial charge on any atom is 0.265 e. The van der Waals surface area contributed by atoms with Crippen LogP contribution in [0.2, 0.25) is 0 Å². The van der Waals surface area contributed by atoms with Gasteiger partial charge in [-0.25, -0.2) is 8.42 Å². The fraction of sp³-hybridized carbons (Fsp3) is 0.357. The maximum atomic E-state index is 12.4. The largest absolute Gasteiger partial charge is 0.497 e. The number of aryl methyl sites for hydroxylation is 1. The van der Waals surface area contributed by atoms with Crippen molar-refractivity contribution in [3.8, 4) is 5.75 Å². The van der Waals surface area contributed by atoms with E-state index in [0.29, 0.717) is 17.1 Å². The number of hydrogen-bond donors (Lipinski definition) is 1. The number of nitrogens with one attached hydrogen (secondary N) is 1. The third-order valence-electron chi connectivity index (χ3n) is 3.03. The van der Waals surface area contributed by atoms with E-state index in [-0.39, 0.29) is 10.9 Å². The molecule has 1 aromatic heterocycles. The molecule has 21 heavy (non-hydrogen) atoms. The molecule has 0 aliphatic rings.